The van der Waals surface area contributed by atoms with Crippen LogP contribution in [0.5, 0.6) is 0 Å². The van der Waals surface area contributed by atoms with Gasteiger partial charge in [-0.25, -0.2) is 0 Å². The normalized spacial score (nSPS) is 24.7. The topological polar surface area (TPSA) is 77.4 Å². The van der Waals surface area contributed by atoms with Crippen LogP contribution in [-0.4, -0.2) is 53.9 Å². The smallest absolute Gasteiger partial charge is 0.115 e. The first-order chi connectivity index (χ1) is 16.7. The van der Waals surface area contributed by atoms with Gasteiger partial charge in [0.1, 0.15) is 30.5 Å². The van der Waals surface area contributed by atoms with E-state index < -0.39 is 30.5 Å². The highest BCUT2D eigenvalue weighted by Gasteiger charge is 2.46. The van der Waals surface area contributed by atoms with Crippen molar-refractivity contribution in [3.8, 4) is 0 Å². The van der Waals surface area contributed by atoms with Gasteiger partial charge in [0.15, 0.2) is 0 Å². The Labute approximate surface area is 200 Å². The van der Waals surface area contributed by atoms with E-state index in [9.17, 15) is 10.2 Å². The summed E-state index contributed by atoms with van der Waals surface area (Å²) in [6.07, 6.45) is -3.67. The minimum absolute atomic E-state index is 0.216. The van der Waals surface area contributed by atoms with Gasteiger partial charge in [-0.05, 0) is 16.7 Å². The van der Waals surface area contributed by atoms with Crippen molar-refractivity contribution >= 4 is 0 Å². The highest BCUT2D eigenvalue weighted by molar-refractivity contribution is 5.15. The Hall–Kier alpha value is -2.58. The van der Waals surface area contributed by atoms with Gasteiger partial charge >= 0.3 is 0 Å². The molecule has 5 atom stereocenters. The molecular formula is C28H32O6. The molecule has 1 heterocycles. The molecule has 2 N–H and O–H groups in total. The van der Waals surface area contributed by atoms with E-state index in [2.05, 4.69) is 0 Å². The van der Waals surface area contributed by atoms with Crippen LogP contribution in [-0.2, 0) is 38.8 Å². The largest absolute Gasteiger partial charge is 0.394 e. The second-order valence-electron chi connectivity index (χ2n) is 8.41. The van der Waals surface area contributed by atoms with Crippen molar-refractivity contribution in [3.05, 3.63) is 108 Å². The maximum atomic E-state index is 11.3. The van der Waals surface area contributed by atoms with Gasteiger partial charge in [0.25, 0.3) is 0 Å². The third-order valence-electron chi connectivity index (χ3n) is 5.90. The molecule has 0 aromatic heterocycles. The molecule has 0 bridgehead atoms. The van der Waals surface area contributed by atoms with E-state index in [0.717, 1.165) is 16.7 Å². The van der Waals surface area contributed by atoms with E-state index in [4.69, 9.17) is 18.9 Å². The van der Waals surface area contributed by atoms with Crippen molar-refractivity contribution in [1.29, 1.82) is 0 Å². The maximum Gasteiger partial charge on any atom is 0.115 e. The van der Waals surface area contributed by atoms with Crippen molar-refractivity contribution in [2.75, 3.05) is 13.2 Å². The Balaban J connectivity index is 1.44. The van der Waals surface area contributed by atoms with Gasteiger partial charge in [-0.15, -0.1) is 0 Å². The quantitative estimate of drug-likeness (QED) is 0.452. The lowest BCUT2D eigenvalue weighted by Crippen LogP contribution is -2.61. The summed E-state index contributed by atoms with van der Waals surface area (Å²) in [5, 5.41) is 21.3. The molecule has 180 valence electrons. The number of ether oxygens (including phenoxy) is 4. The third-order valence-corrected chi connectivity index (χ3v) is 5.90. The van der Waals surface area contributed by atoms with Gasteiger partial charge in [0.05, 0.1) is 33.0 Å². The summed E-state index contributed by atoms with van der Waals surface area (Å²) in [7, 11) is 0. The molecule has 6 heteroatoms. The Morgan fingerprint density at radius 3 is 1.53 bits per heavy atom. The zero-order chi connectivity index (χ0) is 23.6. The molecule has 6 nitrogen and oxygen atoms in total. The average Bonchev–Trinajstić information content (AvgIpc) is 2.89. The molecular weight excluding hydrogens is 432 g/mol. The molecule has 1 fully saturated rings. The van der Waals surface area contributed by atoms with Crippen molar-refractivity contribution in [3.63, 3.8) is 0 Å². The summed E-state index contributed by atoms with van der Waals surface area (Å²) in [4.78, 5) is 0. The van der Waals surface area contributed by atoms with Crippen molar-refractivity contribution in [2.24, 2.45) is 0 Å². The first-order valence-electron chi connectivity index (χ1n) is 11.6. The highest BCUT2D eigenvalue weighted by atomic mass is 16.6. The zero-order valence-electron chi connectivity index (χ0n) is 19.1. The SMILES string of the molecule is OC[C@H]1OC(COCc2ccccc2)[C@@H](OCc2ccccc2)C(O)C1OCc1ccccc1. The van der Waals surface area contributed by atoms with Crippen LogP contribution >= 0.6 is 0 Å². The number of benzene rings is 3. The number of hydrogen-bond donors (Lipinski definition) is 2. The molecule has 3 aromatic rings. The lowest BCUT2D eigenvalue weighted by Gasteiger charge is -2.44. The fourth-order valence-electron chi connectivity index (χ4n) is 4.10. The van der Waals surface area contributed by atoms with E-state index in [0.29, 0.717) is 19.8 Å². The molecule has 0 aliphatic carbocycles. The average molecular weight is 465 g/mol. The lowest BCUT2D eigenvalue weighted by atomic mass is 9.94. The summed E-state index contributed by atoms with van der Waals surface area (Å²) < 4.78 is 24.3. The van der Waals surface area contributed by atoms with Crippen LogP contribution in [0.25, 0.3) is 0 Å². The summed E-state index contributed by atoms with van der Waals surface area (Å²) >= 11 is 0. The van der Waals surface area contributed by atoms with Gasteiger partial charge in [-0.3, -0.25) is 0 Å². The molecule has 4 rings (SSSR count). The van der Waals surface area contributed by atoms with Crippen LogP contribution in [0, 0.1) is 0 Å². The minimum atomic E-state index is -0.997. The molecule has 1 aliphatic rings. The number of rotatable bonds is 11. The first-order valence-corrected chi connectivity index (χ1v) is 11.6. The molecule has 3 aromatic carbocycles. The van der Waals surface area contributed by atoms with Gasteiger partial charge in [0.2, 0.25) is 0 Å². The molecule has 0 saturated carbocycles. The molecule has 1 saturated heterocycles. The number of aliphatic hydroxyl groups is 2. The van der Waals surface area contributed by atoms with Gasteiger partial charge in [-0.1, -0.05) is 91.0 Å². The van der Waals surface area contributed by atoms with E-state index in [1.165, 1.54) is 0 Å². The second-order valence-corrected chi connectivity index (χ2v) is 8.41. The van der Waals surface area contributed by atoms with E-state index in [1.54, 1.807) is 0 Å². The molecule has 0 amide bonds. The lowest BCUT2D eigenvalue weighted by molar-refractivity contribution is -0.265. The fourth-order valence-corrected chi connectivity index (χ4v) is 4.10. The summed E-state index contributed by atoms with van der Waals surface area (Å²) in [5.41, 5.74) is 3.01. The van der Waals surface area contributed by atoms with Crippen LogP contribution in [0.4, 0.5) is 0 Å². The van der Waals surface area contributed by atoms with Crippen LogP contribution in [0.3, 0.4) is 0 Å². The Bertz CT molecular complexity index is 950. The minimum Gasteiger partial charge on any atom is -0.394 e. The summed E-state index contributed by atoms with van der Waals surface area (Å²) in [6, 6.07) is 29.3. The van der Waals surface area contributed by atoms with Gasteiger partial charge in [0, 0.05) is 0 Å². The molecule has 3 unspecified atom stereocenters. The van der Waals surface area contributed by atoms with Crippen LogP contribution in [0.1, 0.15) is 16.7 Å². The second kappa shape index (κ2) is 12.8. The standard InChI is InChI=1S/C28H32O6/c29-16-24-27(32-18-22-12-6-2-7-13-22)26(30)28(33-19-23-14-8-3-9-15-23)25(34-24)20-31-17-21-10-4-1-5-11-21/h1-15,24-30H,16-20H2/t24-,25?,26?,27?,28-/m1/s1. The Kier molecular flexibility index (Phi) is 9.21. The van der Waals surface area contributed by atoms with Crippen LogP contribution < -0.4 is 0 Å². The monoisotopic (exact) mass is 464 g/mol. The molecule has 0 radical (unpaired) electrons. The van der Waals surface area contributed by atoms with Crippen molar-refractivity contribution < 1.29 is 29.2 Å². The maximum absolute atomic E-state index is 11.3. The van der Waals surface area contributed by atoms with Crippen molar-refractivity contribution in [2.45, 2.75) is 50.3 Å². The van der Waals surface area contributed by atoms with Crippen LogP contribution in [0.2, 0.25) is 0 Å². The summed E-state index contributed by atoms with van der Waals surface area (Å²) in [5.74, 6) is 0. The predicted octanol–water partition coefficient (Wildman–Crippen LogP) is 3.49. The van der Waals surface area contributed by atoms with Gasteiger partial charge in [-0.2, -0.15) is 0 Å². The van der Waals surface area contributed by atoms with E-state index in [1.807, 2.05) is 91.0 Å². The van der Waals surface area contributed by atoms with Crippen LogP contribution in [0.15, 0.2) is 91.0 Å². The molecule has 34 heavy (non-hydrogen) atoms. The Morgan fingerprint density at radius 1 is 0.618 bits per heavy atom. The number of hydrogen-bond acceptors (Lipinski definition) is 6. The first kappa shape index (κ1) is 24.5. The highest BCUT2D eigenvalue weighted by Crippen LogP contribution is 2.28. The molecule has 0 spiro atoms. The van der Waals surface area contributed by atoms with E-state index in [-0.39, 0.29) is 13.2 Å². The van der Waals surface area contributed by atoms with E-state index >= 15 is 0 Å². The Morgan fingerprint density at radius 2 is 1.06 bits per heavy atom. The predicted molar refractivity (Wildman–Crippen MR) is 128 cm³/mol. The van der Waals surface area contributed by atoms with Crippen molar-refractivity contribution in [1.82, 2.24) is 0 Å². The number of aliphatic hydroxyl groups excluding tert-OH is 2. The molecule has 1 aliphatic heterocycles. The van der Waals surface area contributed by atoms with Gasteiger partial charge < -0.3 is 29.2 Å². The third kappa shape index (κ3) is 6.73. The zero-order valence-corrected chi connectivity index (χ0v) is 19.1. The summed E-state index contributed by atoms with van der Waals surface area (Å²) in [6.45, 7) is 0.962. The fraction of sp³-hybridized carbons (Fsp3) is 0.357.